The highest BCUT2D eigenvalue weighted by molar-refractivity contribution is 5.89. The molecular weight excluding hydrogens is 254 g/mol. The first-order valence-corrected chi connectivity index (χ1v) is 6.63. The van der Waals surface area contributed by atoms with E-state index in [0.717, 1.165) is 11.3 Å². The van der Waals surface area contributed by atoms with E-state index < -0.39 is 0 Å². The molecule has 0 aliphatic rings. The number of anilines is 1. The lowest BCUT2D eigenvalue weighted by atomic mass is 10.2. The second kappa shape index (κ2) is 6.75. The summed E-state index contributed by atoms with van der Waals surface area (Å²) in [5, 5.41) is 6.80. The van der Waals surface area contributed by atoms with Crippen LogP contribution < -0.4 is 10.1 Å². The predicted octanol–water partition coefficient (Wildman–Crippen LogP) is 2.53. The number of aryl methyl sites for hydroxylation is 2. The van der Waals surface area contributed by atoms with E-state index in [0.29, 0.717) is 25.3 Å². The van der Waals surface area contributed by atoms with Gasteiger partial charge in [0, 0.05) is 19.5 Å². The van der Waals surface area contributed by atoms with E-state index in [9.17, 15) is 4.79 Å². The van der Waals surface area contributed by atoms with E-state index in [1.807, 2.05) is 31.2 Å². The maximum Gasteiger partial charge on any atom is 0.225 e. The maximum absolute atomic E-state index is 11.7. The Morgan fingerprint density at radius 2 is 2.15 bits per heavy atom. The first-order chi connectivity index (χ1) is 9.66. The van der Waals surface area contributed by atoms with E-state index in [2.05, 4.69) is 10.4 Å². The van der Waals surface area contributed by atoms with Crippen LogP contribution in [0.15, 0.2) is 36.5 Å². The first-order valence-electron chi connectivity index (χ1n) is 6.63. The van der Waals surface area contributed by atoms with Gasteiger partial charge in [0.2, 0.25) is 5.91 Å². The van der Waals surface area contributed by atoms with E-state index in [1.165, 1.54) is 0 Å². The van der Waals surface area contributed by atoms with Gasteiger partial charge in [-0.15, -0.1) is 0 Å². The van der Waals surface area contributed by atoms with Crippen molar-refractivity contribution in [2.24, 2.45) is 7.05 Å². The van der Waals surface area contributed by atoms with Gasteiger partial charge in [0.1, 0.15) is 11.6 Å². The molecule has 5 nitrogen and oxygen atoms in total. The van der Waals surface area contributed by atoms with Crippen molar-refractivity contribution < 1.29 is 9.53 Å². The Kier molecular flexibility index (Phi) is 4.76. The highest BCUT2D eigenvalue weighted by atomic mass is 16.5. The SMILES string of the molecule is Cc1ccccc1OCCCC(=O)Nc1ccnn1C. The third-order valence-electron chi connectivity index (χ3n) is 2.99. The minimum absolute atomic E-state index is 0.0259. The van der Waals surface area contributed by atoms with E-state index in [4.69, 9.17) is 4.74 Å². The zero-order chi connectivity index (χ0) is 14.4. The van der Waals surface area contributed by atoms with Crippen molar-refractivity contribution >= 4 is 11.7 Å². The molecule has 0 bridgehead atoms. The molecule has 0 spiro atoms. The fourth-order valence-corrected chi connectivity index (χ4v) is 1.84. The Morgan fingerprint density at radius 3 is 2.85 bits per heavy atom. The summed E-state index contributed by atoms with van der Waals surface area (Å²) in [5.74, 6) is 1.55. The molecule has 0 radical (unpaired) electrons. The molecule has 1 N–H and O–H groups in total. The quantitative estimate of drug-likeness (QED) is 0.823. The third kappa shape index (κ3) is 3.85. The average molecular weight is 273 g/mol. The van der Waals surface area contributed by atoms with Crippen LogP contribution in [0.4, 0.5) is 5.82 Å². The Morgan fingerprint density at radius 1 is 1.35 bits per heavy atom. The van der Waals surface area contributed by atoms with Gasteiger partial charge in [0.05, 0.1) is 12.8 Å². The van der Waals surface area contributed by atoms with Gasteiger partial charge in [-0.1, -0.05) is 18.2 Å². The number of rotatable bonds is 6. The number of nitrogens with zero attached hydrogens (tertiary/aromatic N) is 2. The lowest BCUT2D eigenvalue weighted by Gasteiger charge is -2.09. The van der Waals surface area contributed by atoms with Crippen molar-refractivity contribution in [1.29, 1.82) is 0 Å². The molecule has 0 fully saturated rings. The van der Waals surface area contributed by atoms with Crippen LogP contribution in [0.2, 0.25) is 0 Å². The monoisotopic (exact) mass is 273 g/mol. The van der Waals surface area contributed by atoms with Gasteiger partial charge >= 0.3 is 0 Å². The summed E-state index contributed by atoms with van der Waals surface area (Å²) < 4.78 is 7.28. The largest absolute Gasteiger partial charge is 0.493 e. The molecule has 5 heteroatoms. The lowest BCUT2D eigenvalue weighted by molar-refractivity contribution is -0.116. The summed E-state index contributed by atoms with van der Waals surface area (Å²) >= 11 is 0. The Hall–Kier alpha value is -2.30. The summed E-state index contributed by atoms with van der Waals surface area (Å²) in [7, 11) is 1.79. The molecule has 1 aromatic carbocycles. The zero-order valence-electron chi connectivity index (χ0n) is 11.8. The van der Waals surface area contributed by atoms with E-state index in [-0.39, 0.29) is 5.91 Å². The van der Waals surface area contributed by atoms with Gasteiger partial charge in [-0.05, 0) is 25.0 Å². The molecule has 20 heavy (non-hydrogen) atoms. The number of carbonyl (C=O) groups is 1. The Balaban J connectivity index is 1.70. The summed E-state index contributed by atoms with van der Waals surface area (Å²) in [6, 6.07) is 9.62. The summed E-state index contributed by atoms with van der Waals surface area (Å²) in [5.41, 5.74) is 1.10. The molecule has 0 unspecified atom stereocenters. The number of carbonyl (C=O) groups excluding carboxylic acids is 1. The molecule has 0 aliphatic carbocycles. The number of benzene rings is 1. The molecule has 0 saturated heterocycles. The molecule has 0 atom stereocenters. The second-order valence-electron chi connectivity index (χ2n) is 4.61. The van der Waals surface area contributed by atoms with E-state index in [1.54, 1.807) is 24.0 Å². The van der Waals surface area contributed by atoms with Gasteiger partial charge in [-0.3, -0.25) is 9.48 Å². The van der Waals surface area contributed by atoms with Crippen LogP contribution in [0.25, 0.3) is 0 Å². The van der Waals surface area contributed by atoms with Gasteiger partial charge in [-0.2, -0.15) is 5.10 Å². The summed E-state index contributed by atoms with van der Waals surface area (Å²) in [6.45, 7) is 2.54. The smallest absolute Gasteiger partial charge is 0.225 e. The van der Waals surface area contributed by atoms with Crippen LogP contribution in [0, 0.1) is 6.92 Å². The second-order valence-corrected chi connectivity index (χ2v) is 4.61. The van der Waals surface area contributed by atoms with Crippen molar-refractivity contribution in [3.05, 3.63) is 42.1 Å². The molecular formula is C15H19N3O2. The fourth-order valence-electron chi connectivity index (χ4n) is 1.84. The Bertz CT molecular complexity index is 578. The average Bonchev–Trinajstić information content (AvgIpc) is 2.82. The van der Waals surface area contributed by atoms with Gasteiger partial charge in [-0.25, -0.2) is 0 Å². The van der Waals surface area contributed by atoms with Crippen LogP contribution in [0.3, 0.4) is 0 Å². The molecule has 2 aromatic rings. The lowest BCUT2D eigenvalue weighted by Crippen LogP contribution is -2.15. The van der Waals surface area contributed by atoms with Crippen molar-refractivity contribution in [2.45, 2.75) is 19.8 Å². The number of hydrogen-bond donors (Lipinski definition) is 1. The van der Waals surface area contributed by atoms with Crippen LogP contribution in [0.5, 0.6) is 5.75 Å². The molecule has 1 aromatic heterocycles. The van der Waals surface area contributed by atoms with Gasteiger partial charge in [0.25, 0.3) is 0 Å². The zero-order valence-corrected chi connectivity index (χ0v) is 11.8. The molecule has 1 heterocycles. The number of aromatic nitrogens is 2. The molecule has 106 valence electrons. The molecule has 2 rings (SSSR count). The minimum Gasteiger partial charge on any atom is -0.493 e. The van der Waals surface area contributed by atoms with Crippen molar-refractivity contribution in [1.82, 2.24) is 9.78 Å². The highest BCUT2D eigenvalue weighted by Gasteiger charge is 2.05. The van der Waals surface area contributed by atoms with E-state index >= 15 is 0 Å². The number of amides is 1. The van der Waals surface area contributed by atoms with Crippen LogP contribution >= 0.6 is 0 Å². The van der Waals surface area contributed by atoms with Gasteiger partial charge < -0.3 is 10.1 Å². The number of ether oxygens (including phenoxy) is 1. The number of hydrogen-bond acceptors (Lipinski definition) is 3. The molecule has 0 saturated carbocycles. The van der Waals surface area contributed by atoms with Crippen molar-refractivity contribution in [3.8, 4) is 5.75 Å². The predicted molar refractivity (Wildman–Crippen MR) is 77.7 cm³/mol. The maximum atomic E-state index is 11.7. The van der Waals surface area contributed by atoms with Crippen molar-refractivity contribution in [2.75, 3.05) is 11.9 Å². The van der Waals surface area contributed by atoms with Crippen LogP contribution in [0.1, 0.15) is 18.4 Å². The van der Waals surface area contributed by atoms with Gasteiger partial charge in [0.15, 0.2) is 0 Å². The summed E-state index contributed by atoms with van der Waals surface area (Å²) in [6.07, 6.45) is 2.76. The van der Waals surface area contributed by atoms with Crippen molar-refractivity contribution in [3.63, 3.8) is 0 Å². The first kappa shape index (κ1) is 14.1. The third-order valence-corrected chi connectivity index (χ3v) is 2.99. The number of nitrogens with one attached hydrogen (secondary N) is 1. The normalized spacial score (nSPS) is 10.3. The highest BCUT2D eigenvalue weighted by Crippen LogP contribution is 2.16. The number of para-hydroxylation sites is 1. The summed E-state index contributed by atoms with van der Waals surface area (Å²) in [4.78, 5) is 11.7. The molecule has 1 amide bonds. The van der Waals surface area contributed by atoms with Crippen LogP contribution in [-0.2, 0) is 11.8 Å². The fraction of sp³-hybridized carbons (Fsp3) is 0.333. The molecule has 0 aliphatic heterocycles. The minimum atomic E-state index is -0.0259. The Labute approximate surface area is 118 Å². The van der Waals surface area contributed by atoms with Crippen LogP contribution in [-0.4, -0.2) is 22.3 Å². The topological polar surface area (TPSA) is 56.1 Å². The standard InChI is InChI=1S/C15H19N3O2/c1-12-6-3-4-7-13(12)20-11-5-8-15(19)17-14-9-10-16-18(14)2/h3-4,6-7,9-10H,5,8,11H2,1-2H3,(H,17,19).